The van der Waals surface area contributed by atoms with Crippen molar-refractivity contribution in [2.75, 3.05) is 49.7 Å². The standard InChI is InChI=1S/C17H20N10O/c1-28-9-8-26-11-20-15-16(18-10-19-17(15)26)25-6-4-24(5-7-25)14-3-2-13-22-21-12-27(13)23-14/h2-3,10-12H,4-9H2,1H3. The first-order valence-corrected chi connectivity index (χ1v) is 9.15. The van der Waals surface area contributed by atoms with Crippen LogP contribution < -0.4 is 9.80 Å². The molecule has 1 saturated heterocycles. The third-order valence-corrected chi connectivity index (χ3v) is 4.97. The molecule has 1 fully saturated rings. The van der Waals surface area contributed by atoms with Crippen LogP contribution in [0.3, 0.4) is 0 Å². The minimum Gasteiger partial charge on any atom is -0.383 e. The molecule has 5 heterocycles. The molecule has 11 heteroatoms. The van der Waals surface area contributed by atoms with E-state index in [0.717, 1.165) is 54.6 Å². The van der Waals surface area contributed by atoms with Gasteiger partial charge in [-0.15, -0.1) is 15.3 Å². The van der Waals surface area contributed by atoms with Gasteiger partial charge in [0.15, 0.2) is 22.6 Å². The van der Waals surface area contributed by atoms with Crippen molar-refractivity contribution in [2.45, 2.75) is 6.54 Å². The van der Waals surface area contributed by atoms with E-state index in [1.54, 1.807) is 30.6 Å². The molecular formula is C17H20N10O. The smallest absolute Gasteiger partial charge is 0.177 e. The fourth-order valence-corrected chi connectivity index (χ4v) is 3.49. The van der Waals surface area contributed by atoms with E-state index in [0.29, 0.717) is 13.2 Å². The Bertz CT molecular complexity index is 1100. The van der Waals surface area contributed by atoms with Gasteiger partial charge in [0, 0.05) is 39.8 Å². The lowest BCUT2D eigenvalue weighted by atomic mass is 10.3. The van der Waals surface area contributed by atoms with Crippen molar-refractivity contribution in [1.82, 2.24) is 39.3 Å². The highest BCUT2D eigenvalue weighted by Crippen LogP contribution is 2.23. The van der Waals surface area contributed by atoms with Crippen molar-refractivity contribution in [3.8, 4) is 0 Å². The fraction of sp³-hybridized carbons (Fsp3) is 0.412. The molecule has 28 heavy (non-hydrogen) atoms. The van der Waals surface area contributed by atoms with Crippen LogP contribution >= 0.6 is 0 Å². The van der Waals surface area contributed by atoms with Crippen LogP contribution in [0, 0.1) is 0 Å². The summed E-state index contributed by atoms with van der Waals surface area (Å²) in [4.78, 5) is 18.0. The zero-order valence-electron chi connectivity index (χ0n) is 15.5. The number of imidazole rings is 1. The number of methoxy groups -OCH3 is 1. The van der Waals surface area contributed by atoms with Crippen molar-refractivity contribution in [2.24, 2.45) is 0 Å². The first-order chi connectivity index (χ1) is 13.8. The number of nitrogens with zero attached hydrogens (tertiary/aromatic N) is 10. The predicted octanol–water partition coefficient (Wildman–Crippen LogP) is 0.237. The fourth-order valence-electron chi connectivity index (χ4n) is 3.49. The summed E-state index contributed by atoms with van der Waals surface area (Å²) in [6.45, 7) is 4.69. The van der Waals surface area contributed by atoms with Crippen LogP contribution in [0.2, 0.25) is 0 Å². The Hall–Kier alpha value is -3.34. The molecule has 0 radical (unpaired) electrons. The van der Waals surface area contributed by atoms with Gasteiger partial charge in [-0.3, -0.25) is 0 Å². The van der Waals surface area contributed by atoms with Gasteiger partial charge in [-0.1, -0.05) is 0 Å². The van der Waals surface area contributed by atoms with E-state index in [1.807, 2.05) is 16.7 Å². The molecule has 4 aromatic heterocycles. The van der Waals surface area contributed by atoms with Crippen molar-refractivity contribution in [1.29, 1.82) is 0 Å². The third kappa shape index (κ3) is 2.89. The number of rotatable bonds is 5. The van der Waals surface area contributed by atoms with Gasteiger partial charge in [0.25, 0.3) is 0 Å². The molecule has 11 nitrogen and oxygen atoms in total. The highest BCUT2D eigenvalue weighted by Gasteiger charge is 2.22. The molecule has 0 amide bonds. The summed E-state index contributed by atoms with van der Waals surface area (Å²) in [5.41, 5.74) is 2.41. The highest BCUT2D eigenvalue weighted by molar-refractivity contribution is 5.83. The van der Waals surface area contributed by atoms with Gasteiger partial charge in [-0.05, 0) is 12.1 Å². The van der Waals surface area contributed by atoms with Gasteiger partial charge in [-0.2, -0.15) is 4.52 Å². The number of hydrogen-bond acceptors (Lipinski definition) is 9. The van der Waals surface area contributed by atoms with Crippen LogP contribution in [0.5, 0.6) is 0 Å². The molecule has 1 aliphatic rings. The van der Waals surface area contributed by atoms with Crippen LogP contribution in [0.25, 0.3) is 16.8 Å². The Balaban J connectivity index is 1.34. The van der Waals surface area contributed by atoms with Gasteiger partial charge in [0.1, 0.15) is 18.5 Å². The monoisotopic (exact) mass is 380 g/mol. The minimum atomic E-state index is 0.618. The number of hydrogen-bond donors (Lipinski definition) is 0. The molecular weight excluding hydrogens is 360 g/mol. The lowest BCUT2D eigenvalue weighted by molar-refractivity contribution is 0.188. The van der Waals surface area contributed by atoms with E-state index in [2.05, 4.69) is 40.0 Å². The molecule has 0 bridgehead atoms. The molecule has 0 spiro atoms. The quantitative estimate of drug-likeness (QED) is 0.481. The van der Waals surface area contributed by atoms with Crippen LogP contribution in [0.15, 0.2) is 31.1 Å². The van der Waals surface area contributed by atoms with Gasteiger partial charge < -0.3 is 19.1 Å². The van der Waals surface area contributed by atoms with Gasteiger partial charge in [0.05, 0.1) is 12.9 Å². The maximum absolute atomic E-state index is 5.16. The van der Waals surface area contributed by atoms with E-state index < -0.39 is 0 Å². The molecule has 0 N–H and O–H groups in total. The number of aromatic nitrogens is 8. The largest absolute Gasteiger partial charge is 0.383 e. The van der Waals surface area contributed by atoms with E-state index >= 15 is 0 Å². The molecule has 5 rings (SSSR count). The second kappa shape index (κ2) is 7.00. The van der Waals surface area contributed by atoms with E-state index in [9.17, 15) is 0 Å². The molecule has 4 aromatic rings. The van der Waals surface area contributed by atoms with Crippen molar-refractivity contribution < 1.29 is 4.74 Å². The molecule has 0 aliphatic carbocycles. The van der Waals surface area contributed by atoms with E-state index in [4.69, 9.17) is 4.74 Å². The van der Waals surface area contributed by atoms with Crippen LogP contribution in [0.1, 0.15) is 0 Å². The third-order valence-electron chi connectivity index (χ3n) is 4.97. The summed E-state index contributed by atoms with van der Waals surface area (Å²) in [5.74, 6) is 1.80. The Labute approximate surface area is 160 Å². The molecule has 0 aromatic carbocycles. The van der Waals surface area contributed by atoms with Crippen molar-refractivity contribution in [3.63, 3.8) is 0 Å². The molecule has 0 unspecified atom stereocenters. The number of anilines is 2. The van der Waals surface area contributed by atoms with Gasteiger partial charge in [-0.25, -0.2) is 15.0 Å². The van der Waals surface area contributed by atoms with Gasteiger partial charge in [0.2, 0.25) is 0 Å². The Kier molecular flexibility index (Phi) is 4.20. The summed E-state index contributed by atoms with van der Waals surface area (Å²) in [6.07, 6.45) is 5.03. The molecule has 144 valence electrons. The molecule has 0 atom stereocenters. The summed E-state index contributed by atoms with van der Waals surface area (Å²) >= 11 is 0. The predicted molar refractivity (Wildman–Crippen MR) is 102 cm³/mol. The Morgan fingerprint density at radius 1 is 1.00 bits per heavy atom. The maximum Gasteiger partial charge on any atom is 0.177 e. The Morgan fingerprint density at radius 2 is 1.86 bits per heavy atom. The summed E-state index contributed by atoms with van der Waals surface area (Å²) in [6, 6.07) is 3.92. The van der Waals surface area contributed by atoms with Crippen LogP contribution in [-0.4, -0.2) is 79.2 Å². The average Bonchev–Trinajstić information content (AvgIpc) is 3.38. The second-order valence-corrected chi connectivity index (χ2v) is 6.60. The van der Waals surface area contributed by atoms with E-state index in [-0.39, 0.29) is 0 Å². The maximum atomic E-state index is 5.16. The molecule has 0 saturated carbocycles. The van der Waals surface area contributed by atoms with E-state index in [1.165, 1.54) is 0 Å². The van der Waals surface area contributed by atoms with Crippen molar-refractivity contribution >= 4 is 28.4 Å². The minimum absolute atomic E-state index is 0.618. The zero-order valence-corrected chi connectivity index (χ0v) is 15.5. The number of ether oxygens (including phenoxy) is 1. The highest BCUT2D eigenvalue weighted by atomic mass is 16.5. The zero-order chi connectivity index (χ0) is 18.9. The van der Waals surface area contributed by atoms with Crippen molar-refractivity contribution in [3.05, 3.63) is 31.1 Å². The molecule has 1 aliphatic heterocycles. The number of fused-ring (bicyclic) bond motifs is 2. The normalized spacial score (nSPS) is 15.0. The first kappa shape index (κ1) is 16.8. The first-order valence-electron chi connectivity index (χ1n) is 9.15. The van der Waals surface area contributed by atoms with Gasteiger partial charge >= 0.3 is 0 Å². The summed E-state index contributed by atoms with van der Waals surface area (Å²) < 4.78 is 8.86. The van der Waals surface area contributed by atoms with Crippen LogP contribution in [-0.2, 0) is 11.3 Å². The Morgan fingerprint density at radius 3 is 2.71 bits per heavy atom. The average molecular weight is 380 g/mol. The number of piperazine rings is 1. The SMILES string of the molecule is COCCn1cnc2c(N3CCN(c4ccc5nncn5n4)CC3)ncnc21. The van der Waals surface area contributed by atoms with Crippen LogP contribution in [0.4, 0.5) is 11.6 Å². The summed E-state index contributed by atoms with van der Waals surface area (Å²) in [5, 5.41) is 12.5. The lowest BCUT2D eigenvalue weighted by Gasteiger charge is -2.35. The second-order valence-electron chi connectivity index (χ2n) is 6.60. The topological polar surface area (TPSA) is 102 Å². The lowest BCUT2D eigenvalue weighted by Crippen LogP contribution is -2.47. The summed E-state index contributed by atoms with van der Waals surface area (Å²) in [7, 11) is 1.69.